The number of pyridine rings is 1. The number of ether oxygens (including phenoxy) is 2. The van der Waals surface area contributed by atoms with E-state index in [0.29, 0.717) is 19.0 Å². The van der Waals surface area contributed by atoms with E-state index in [0.717, 1.165) is 11.3 Å². The summed E-state index contributed by atoms with van der Waals surface area (Å²) in [4.78, 5) is 17.9. The van der Waals surface area contributed by atoms with Crippen molar-refractivity contribution in [2.75, 3.05) is 19.7 Å². The van der Waals surface area contributed by atoms with Gasteiger partial charge in [-0.1, -0.05) is 24.3 Å². The van der Waals surface area contributed by atoms with Gasteiger partial charge in [-0.05, 0) is 24.6 Å². The quantitative estimate of drug-likeness (QED) is 0.848. The van der Waals surface area contributed by atoms with Crippen molar-refractivity contribution in [2.45, 2.75) is 13.0 Å². The van der Waals surface area contributed by atoms with Crippen molar-refractivity contribution in [3.63, 3.8) is 0 Å². The van der Waals surface area contributed by atoms with Crippen LogP contribution in [0.2, 0.25) is 0 Å². The highest BCUT2D eigenvalue weighted by atomic mass is 16.5. The fourth-order valence-corrected chi connectivity index (χ4v) is 2.25. The Hall–Kier alpha value is -2.56. The van der Waals surface area contributed by atoms with Crippen molar-refractivity contribution in [1.82, 2.24) is 9.88 Å². The van der Waals surface area contributed by atoms with E-state index < -0.39 is 0 Å². The van der Waals surface area contributed by atoms with Crippen molar-refractivity contribution in [2.24, 2.45) is 0 Å². The van der Waals surface area contributed by atoms with Crippen LogP contribution in [0.1, 0.15) is 5.56 Å². The maximum atomic E-state index is 12.0. The molecular formula is C17H18N2O3. The number of carbonyl (C=O) groups excluding carboxylic acids is 1. The molecule has 5 heteroatoms. The molecule has 1 aliphatic rings. The van der Waals surface area contributed by atoms with Crippen LogP contribution in [0.25, 0.3) is 0 Å². The summed E-state index contributed by atoms with van der Waals surface area (Å²) >= 11 is 0. The highest BCUT2D eigenvalue weighted by Gasteiger charge is 2.32. The normalized spacial score (nSPS) is 14.3. The first-order chi connectivity index (χ1) is 10.7. The second-order valence-corrected chi connectivity index (χ2v) is 5.26. The van der Waals surface area contributed by atoms with Gasteiger partial charge in [0.2, 0.25) is 5.88 Å². The lowest BCUT2D eigenvalue weighted by Crippen LogP contribution is -2.57. The fourth-order valence-electron chi connectivity index (χ4n) is 2.25. The smallest absolute Gasteiger partial charge is 0.260 e. The number of amides is 1. The first-order valence-electron chi connectivity index (χ1n) is 7.26. The van der Waals surface area contributed by atoms with Crippen LogP contribution in [-0.4, -0.2) is 41.6 Å². The van der Waals surface area contributed by atoms with Crippen LogP contribution < -0.4 is 9.47 Å². The summed E-state index contributed by atoms with van der Waals surface area (Å²) in [6.45, 7) is 3.17. The predicted molar refractivity (Wildman–Crippen MR) is 81.9 cm³/mol. The zero-order chi connectivity index (χ0) is 15.4. The number of likely N-dealkylation sites (tertiary alicyclic amines) is 1. The van der Waals surface area contributed by atoms with Gasteiger partial charge in [0, 0.05) is 12.3 Å². The number of hydrogen-bond acceptors (Lipinski definition) is 4. The Morgan fingerprint density at radius 2 is 2.00 bits per heavy atom. The predicted octanol–water partition coefficient (Wildman–Crippen LogP) is 2.06. The third-order valence-electron chi connectivity index (χ3n) is 3.57. The van der Waals surface area contributed by atoms with E-state index in [1.54, 1.807) is 11.1 Å². The number of hydrogen-bond donors (Lipinski definition) is 0. The molecule has 0 aliphatic carbocycles. The molecule has 1 fully saturated rings. The lowest BCUT2D eigenvalue weighted by atomic mass is 10.1. The van der Waals surface area contributed by atoms with E-state index in [4.69, 9.17) is 9.47 Å². The molecule has 0 unspecified atom stereocenters. The van der Waals surface area contributed by atoms with Crippen LogP contribution in [0.5, 0.6) is 11.6 Å². The maximum Gasteiger partial charge on any atom is 0.260 e. The van der Waals surface area contributed by atoms with E-state index in [2.05, 4.69) is 4.98 Å². The van der Waals surface area contributed by atoms with E-state index in [1.807, 2.05) is 49.4 Å². The second-order valence-electron chi connectivity index (χ2n) is 5.26. The minimum Gasteiger partial charge on any atom is -0.484 e. The average Bonchev–Trinajstić information content (AvgIpc) is 2.50. The highest BCUT2D eigenvalue weighted by Crippen LogP contribution is 2.18. The first-order valence-corrected chi connectivity index (χ1v) is 7.26. The Kier molecular flexibility index (Phi) is 4.23. The van der Waals surface area contributed by atoms with Gasteiger partial charge in [-0.15, -0.1) is 0 Å². The summed E-state index contributed by atoms with van der Waals surface area (Å²) in [5, 5.41) is 0. The Bertz CT molecular complexity index is 639. The monoisotopic (exact) mass is 298 g/mol. The maximum absolute atomic E-state index is 12.0. The van der Waals surface area contributed by atoms with Crippen molar-refractivity contribution in [1.29, 1.82) is 0 Å². The number of carbonyl (C=O) groups is 1. The molecule has 1 aliphatic heterocycles. The summed E-state index contributed by atoms with van der Waals surface area (Å²) in [5.74, 6) is 1.32. The molecule has 1 amide bonds. The molecule has 2 heterocycles. The fraction of sp³-hybridized carbons (Fsp3) is 0.294. The number of aryl methyl sites for hydroxylation is 1. The Labute approximate surface area is 129 Å². The molecule has 0 radical (unpaired) electrons. The molecule has 5 nitrogen and oxygen atoms in total. The summed E-state index contributed by atoms with van der Waals surface area (Å²) in [6, 6.07) is 13.2. The zero-order valence-electron chi connectivity index (χ0n) is 12.4. The van der Waals surface area contributed by atoms with Crippen LogP contribution in [0.15, 0.2) is 48.7 Å². The van der Waals surface area contributed by atoms with Crippen molar-refractivity contribution >= 4 is 5.91 Å². The van der Waals surface area contributed by atoms with Crippen LogP contribution in [-0.2, 0) is 4.79 Å². The molecule has 1 saturated heterocycles. The van der Waals surface area contributed by atoms with Gasteiger partial charge in [0.1, 0.15) is 11.9 Å². The van der Waals surface area contributed by atoms with Crippen LogP contribution in [0.4, 0.5) is 0 Å². The van der Waals surface area contributed by atoms with E-state index in [-0.39, 0.29) is 18.6 Å². The minimum atomic E-state index is -0.0240. The molecule has 114 valence electrons. The molecule has 0 atom stereocenters. The Morgan fingerprint density at radius 3 is 2.73 bits per heavy atom. The average molecular weight is 298 g/mol. The van der Waals surface area contributed by atoms with Crippen LogP contribution in [0, 0.1) is 6.92 Å². The van der Waals surface area contributed by atoms with E-state index in [9.17, 15) is 4.79 Å². The number of rotatable bonds is 5. The number of nitrogens with zero attached hydrogens (tertiary/aromatic N) is 2. The summed E-state index contributed by atoms with van der Waals surface area (Å²) in [5.41, 5.74) is 1.02. The molecule has 1 aromatic heterocycles. The van der Waals surface area contributed by atoms with Gasteiger partial charge in [-0.2, -0.15) is 0 Å². The summed E-state index contributed by atoms with van der Waals surface area (Å²) in [6.07, 6.45) is 1.70. The second kappa shape index (κ2) is 6.47. The third-order valence-corrected chi connectivity index (χ3v) is 3.57. The topological polar surface area (TPSA) is 51.7 Å². The van der Waals surface area contributed by atoms with Gasteiger partial charge >= 0.3 is 0 Å². The van der Waals surface area contributed by atoms with E-state index in [1.165, 1.54) is 0 Å². The van der Waals surface area contributed by atoms with Gasteiger partial charge in [-0.3, -0.25) is 4.79 Å². The molecule has 1 aromatic carbocycles. The molecule has 0 spiro atoms. The van der Waals surface area contributed by atoms with Gasteiger partial charge in [0.05, 0.1) is 13.1 Å². The molecule has 2 aromatic rings. The molecule has 0 N–H and O–H groups in total. The minimum absolute atomic E-state index is 0.0114. The van der Waals surface area contributed by atoms with E-state index >= 15 is 0 Å². The van der Waals surface area contributed by atoms with Gasteiger partial charge in [0.25, 0.3) is 5.91 Å². The van der Waals surface area contributed by atoms with Crippen molar-refractivity contribution in [3.05, 3.63) is 54.2 Å². The number of benzene rings is 1. The first kappa shape index (κ1) is 14.4. The Balaban J connectivity index is 1.43. The number of aromatic nitrogens is 1. The third kappa shape index (κ3) is 3.36. The lowest BCUT2D eigenvalue weighted by Gasteiger charge is -2.38. The van der Waals surface area contributed by atoms with Gasteiger partial charge in [0.15, 0.2) is 6.61 Å². The van der Waals surface area contributed by atoms with Gasteiger partial charge in [-0.25, -0.2) is 4.98 Å². The van der Waals surface area contributed by atoms with Gasteiger partial charge < -0.3 is 14.4 Å². The molecule has 0 bridgehead atoms. The SMILES string of the molecule is Cc1ccccc1OCC(=O)N1CC(Oc2ccccn2)C1. The largest absolute Gasteiger partial charge is 0.484 e. The summed E-state index contributed by atoms with van der Waals surface area (Å²) < 4.78 is 11.2. The summed E-state index contributed by atoms with van der Waals surface area (Å²) in [7, 11) is 0. The van der Waals surface area contributed by atoms with Crippen molar-refractivity contribution < 1.29 is 14.3 Å². The zero-order valence-corrected chi connectivity index (χ0v) is 12.4. The highest BCUT2D eigenvalue weighted by molar-refractivity contribution is 5.78. The Morgan fingerprint density at radius 1 is 1.23 bits per heavy atom. The lowest BCUT2D eigenvalue weighted by molar-refractivity contribution is -0.142. The van der Waals surface area contributed by atoms with Crippen LogP contribution >= 0.6 is 0 Å². The standard InChI is InChI=1S/C17H18N2O3/c1-13-6-2-3-7-15(13)21-12-17(20)19-10-14(11-19)22-16-8-4-5-9-18-16/h2-9,14H,10-12H2,1H3. The number of para-hydroxylation sites is 1. The van der Waals surface area contributed by atoms with Crippen molar-refractivity contribution in [3.8, 4) is 11.6 Å². The van der Waals surface area contributed by atoms with Crippen LogP contribution in [0.3, 0.4) is 0 Å². The molecule has 0 saturated carbocycles. The molecule has 22 heavy (non-hydrogen) atoms. The molecule has 3 rings (SSSR count). The molecular weight excluding hydrogens is 280 g/mol.